The first-order chi connectivity index (χ1) is 16.7. The van der Waals surface area contributed by atoms with Crippen molar-refractivity contribution in [3.63, 3.8) is 0 Å². The van der Waals surface area contributed by atoms with Crippen LogP contribution in [0.2, 0.25) is 0 Å². The van der Waals surface area contributed by atoms with Crippen LogP contribution in [0.25, 0.3) is 5.69 Å². The average Bonchev–Trinajstić information content (AvgIpc) is 3.55. The molecule has 0 spiro atoms. The molecule has 2 fully saturated rings. The fourth-order valence-corrected chi connectivity index (χ4v) is 5.80. The number of hydrogen-bond donors (Lipinski definition) is 0. The van der Waals surface area contributed by atoms with Gasteiger partial charge >= 0.3 is 0 Å². The van der Waals surface area contributed by atoms with E-state index in [2.05, 4.69) is 25.7 Å². The molecule has 180 valence electrons. The maximum atomic E-state index is 13.2. The molecule has 34 heavy (non-hydrogen) atoms. The van der Waals surface area contributed by atoms with Crippen LogP contribution in [-0.4, -0.2) is 58.3 Å². The summed E-state index contributed by atoms with van der Waals surface area (Å²) in [5.41, 5.74) is 2.18. The number of likely N-dealkylation sites (tertiary alicyclic amines) is 1. The fourth-order valence-electron chi connectivity index (χ4n) is 4.77. The summed E-state index contributed by atoms with van der Waals surface area (Å²) in [6.45, 7) is 3.66. The molecule has 3 aromatic rings. The average molecular weight is 483 g/mol. The van der Waals surface area contributed by atoms with Crippen LogP contribution < -0.4 is 4.74 Å². The molecule has 0 N–H and O–H groups in total. The summed E-state index contributed by atoms with van der Waals surface area (Å²) in [5.74, 6) is 2.87. The molecule has 0 amide bonds. The molecule has 2 aliphatic heterocycles. The third-order valence-electron chi connectivity index (χ3n) is 6.66. The Balaban J connectivity index is 1.32. The molecule has 2 saturated heterocycles. The van der Waals surface area contributed by atoms with Crippen LogP contribution in [0, 0.1) is 5.82 Å². The van der Waals surface area contributed by atoms with Crippen LogP contribution >= 0.6 is 11.8 Å². The predicted octanol–water partition coefficient (Wildman–Crippen LogP) is 5.07. The Kier molecular flexibility index (Phi) is 7.47. The Morgan fingerprint density at radius 2 is 1.91 bits per heavy atom. The number of ether oxygens (including phenoxy) is 2. The maximum absolute atomic E-state index is 13.2. The standard InChI is InChI=1S/C26H31FN4O2S/c1-32-23-5-2-4-22(16-23)31-25(28-29-26(31)34-18-24-6-3-15-33-24)20-11-13-30(14-12-20)17-19-7-9-21(27)10-8-19/h2,4-5,7-10,16,20,24H,3,6,11-15,17-18H2,1H3/t24-/m0/s1. The summed E-state index contributed by atoms with van der Waals surface area (Å²) in [6, 6.07) is 14.9. The van der Waals surface area contributed by atoms with Crippen LogP contribution in [-0.2, 0) is 11.3 Å². The second kappa shape index (κ2) is 10.9. The van der Waals surface area contributed by atoms with Gasteiger partial charge in [-0.25, -0.2) is 4.39 Å². The van der Waals surface area contributed by atoms with E-state index in [-0.39, 0.29) is 5.82 Å². The summed E-state index contributed by atoms with van der Waals surface area (Å²) in [6.07, 6.45) is 4.56. The molecule has 8 heteroatoms. The van der Waals surface area contributed by atoms with Gasteiger partial charge in [-0.1, -0.05) is 30.0 Å². The number of rotatable bonds is 8. The zero-order valence-electron chi connectivity index (χ0n) is 19.5. The topological polar surface area (TPSA) is 52.4 Å². The van der Waals surface area contributed by atoms with E-state index in [0.717, 1.165) is 85.7 Å². The molecule has 0 unspecified atom stereocenters. The van der Waals surface area contributed by atoms with Gasteiger partial charge in [0, 0.05) is 30.9 Å². The first-order valence-corrected chi connectivity index (χ1v) is 13.0. The highest BCUT2D eigenvalue weighted by Crippen LogP contribution is 2.34. The highest BCUT2D eigenvalue weighted by Gasteiger charge is 2.28. The van der Waals surface area contributed by atoms with Gasteiger partial charge in [0.2, 0.25) is 0 Å². The molecule has 0 bridgehead atoms. The minimum atomic E-state index is -0.187. The Bertz CT molecular complexity index is 1080. The Hall–Kier alpha value is -2.42. The number of benzene rings is 2. The van der Waals surface area contributed by atoms with Crippen LogP contribution in [0.3, 0.4) is 0 Å². The first kappa shape index (κ1) is 23.3. The van der Waals surface area contributed by atoms with Gasteiger partial charge in [-0.15, -0.1) is 10.2 Å². The number of aromatic nitrogens is 3. The minimum absolute atomic E-state index is 0.187. The van der Waals surface area contributed by atoms with Crippen molar-refractivity contribution in [1.82, 2.24) is 19.7 Å². The minimum Gasteiger partial charge on any atom is -0.497 e. The van der Waals surface area contributed by atoms with Crippen LogP contribution in [0.1, 0.15) is 43.0 Å². The maximum Gasteiger partial charge on any atom is 0.195 e. The predicted molar refractivity (Wildman–Crippen MR) is 131 cm³/mol. The lowest BCUT2D eigenvalue weighted by Crippen LogP contribution is -2.33. The largest absolute Gasteiger partial charge is 0.497 e. The highest BCUT2D eigenvalue weighted by molar-refractivity contribution is 7.99. The van der Waals surface area contributed by atoms with Crippen molar-refractivity contribution >= 4 is 11.8 Å². The number of methoxy groups -OCH3 is 1. The number of piperidine rings is 1. The quantitative estimate of drug-likeness (QED) is 0.418. The Morgan fingerprint density at radius 3 is 2.65 bits per heavy atom. The lowest BCUT2D eigenvalue weighted by atomic mass is 9.95. The molecule has 1 atom stereocenters. The van der Waals surface area contributed by atoms with Gasteiger partial charge < -0.3 is 9.47 Å². The zero-order chi connectivity index (χ0) is 23.3. The number of hydrogen-bond acceptors (Lipinski definition) is 6. The molecule has 3 heterocycles. The second-order valence-corrected chi connectivity index (χ2v) is 9.99. The lowest BCUT2D eigenvalue weighted by Gasteiger charge is -2.31. The summed E-state index contributed by atoms with van der Waals surface area (Å²) in [7, 11) is 1.69. The van der Waals surface area contributed by atoms with Gasteiger partial charge in [0.25, 0.3) is 0 Å². The summed E-state index contributed by atoms with van der Waals surface area (Å²) in [4.78, 5) is 2.43. The number of thioether (sulfide) groups is 1. The molecule has 6 nitrogen and oxygen atoms in total. The van der Waals surface area contributed by atoms with Crippen LogP contribution in [0.5, 0.6) is 5.75 Å². The molecule has 1 aromatic heterocycles. The van der Waals surface area contributed by atoms with E-state index >= 15 is 0 Å². The van der Waals surface area contributed by atoms with Crippen molar-refractivity contribution in [1.29, 1.82) is 0 Å². The Labute approximate surface area is 204 Å². The van der Waals surface area contributed by atoms with E-state index in [1.165, 1.54) is 12.1 Å². The van der Waals surface area contributed by atoms with Crippen molar-refractivity contribution in [2.24, 2.45) is 0 Å². The van der Waals surface area contributed by atoms with Gasteiger partial charge in [-0.2, -0.15) is 0 Å². The molecular formula is C26H31FN4O2S. The zero-order valence-corrected chi connectivity index (χ0v) is 20.3. The third kappa shape index (κ3) is 5.45. The molecule has 0 aliphatic carbocycles. The smallest absolute Gasteiger partial charge is 0.195 e. The van der Waals surface area contributed by atoms with E-state index in [1.54, 1.807) is 18.9 Å². The monoisotopic (exact) mass is 482 g/mol. The fraction of sp³-hybridized carbons (Fsp3) is 0.462. The molecule has 5 rings (SSSR count). The lowest BCUT2D eigenvalue weighted by molar-refractivity contribution is 0.129. The van der Waals surface area contributed by atoms with Gasteiger partial charge in [0.05, 0.1) is 18.9 Å². The van der Waals surface area contributed by atoms with E-state index in [1.807, 2.05) is 30.3 Å². The molecular weight excluding hydrogens is 451 g/mol. The molecule has 0 saturated carbocycles. The van der Waals surface area contributed by atoms with Crippen LogP contribution in [0.4, 0.5) is 4.39 Å². The highest BCUT2D eigenvalue weighted by atomic mass is 32.2. The van der Waals surface area contributed by atoms with Gasteiger partial charge in [-0.3, -0.25) is 9.47 Å². The molecule has 2 aliphatic rings. The third-order valence-corrected chi connectivity index (χ3v) is 7.73. The summed E-state index contributed by atoms with van der Waals surface area (Å²) < 4.78 is 26.7. The summed E-state index contributed by atoms with van der Waals surface area (Å²) >= 11 is 1.72. The number of nitrogens with zero attached hydrogens (tertiary/aromatic N) is 4. The Morgan fingerprint density at radius 1 is 1.09 bits per heavy atom. The normalized spacial score (nSPS) is 19.5. The molecule has 0 radical (unpaired) electrons. The van der Waals surface area contributed by atoms with Crippen molar-refractivity contribution in [3.8, 4) is 11.4 Å². The van der Waals surface area contributed by atoms with Gasteiger partial charge in [-0.05, 0) is 68.6 Å². The van der Waals surface area contributed by atoms with Crippen molar-refractivity contribution in [2.75, 3.05) is 32.6 Å². The first-order valence-electron chi connectivity index (χ1n) is 12.0. The summed E-state index contributed by atoms with van der Waals surface area (Å²) in [5, 5.41) is 10.2. The van der Waals surface area contributed by atoms with Crippen molar-refractivity contribution in [3.05, 3.63) is 65.7 Å². The van der Waals surface area contributed by atoms with E-state index in [9.17, 15) is 4.39 Å². The SMILES string of the molecule is COc1cccc(-n2c(SC[C@@H]3CCCO3)nnc2C2CCN(Cc3ccc(F)cc3)CC2)c1. The van der Waals surface area contributed by atoms with Gasteiger partial charge in [0.15, 0.2) is 5.16 Å². The van der Waals surface area contributed by atoms with E-state index in [0.29, 0.717) is 12.0 Å². The van der Waals surface area contributed by atoms with E-state index in [4.69, 9.17) is 9.47 Å². The van der Waals surface area contributed by atoms with Crippen molar-refractivity contribution < 1.29 is 13.9 Å². The van der Waals surface area contributed by atoms with Crippen molar-refractivity contribution in [2.45, 2.75) is 49.4 Å². The van der Waals surface area contributed by atoms with E-state index < -0.39 is 0 Å². The molecule has 2 aromatic carbocycles. The van der Waals surface area contributed by atoms with Crippen LogP contribution in [0.15, 0.2) is 53.7 Å². The number of halogens is 1. The second-order valence-electron chi connectivity index (χ2n) is 9.00. The van der Waals surface area contributed by atoms with Gasteiger partial charge in [0.1, 0.15) is 17.4 Å².